The molecule has 0 amide bonds. The van der Waals surface area contributed by atoms with Gasteiger partial charge in [0, 0.05) is 19.7 Å². The zero-order valence-electron chi connectivity index (χ0n) is 16.6. The summed E-state index contributed by atoms with van der Waals surface area (Å²) in [7, 11) is 4.69. The number of hydrogen-bond acceptors (Lipinski definition) is 5. The minimum absolute atomic E-state index is 0.144. The molecule has 0 saturated carbocycles. The zero-order valence-corrected chi connectivity index (χ0v) is 16.6. The molecule has 0 saturated heterocycles. The third kappa shape index (κ3) is 3.24. The molecule has 0 radical (unpaired) electrons. The summed E-state index contributed by atoms with van der Waals surface area (Å²) in [6, 6.07) is 13.0. The predicted molar refractivity (Wildman–Crippen MR) is 109 cm³/mol. The van der Waals surface area contributed by atoms with Crippen molar-refractivity contribution in [3.63, 3.8) is 0 Å². The Bertz CT molecular complexity index is 1350. The zero-order chi connectivity index (χ0) is 21.4. The van der Waals surface area contributed by atoms with Crippen molar-refractivity contribution in [3.8, 4) is 17.5 Å². The van der Waals surface area contributed by atoms with E-state index in [4.69, 9.17) is 9.47 Å². The predicted octanol–water partition coefficient (Wildman–Crippen LogP) is 2.42. The van der Waals surface area contributed by atoms with Gasteiger partial charge in [0.25, 0.3) is 5.56 Å². The van der Waals surface area contributed by atoms with Gasteiger partial charge in [-0.25, -0.2) is 9.18 Å². The Morgan fingerprint density at radius 2 is 1.63 bits per heavy atom. The van der Waals surface area contributed by atoms with Crippen molar-refractivity contribution in [2.24, 2.45) is 14.1 Å². The number of rotatable bonds is 5. The van der Waals surface area contributed by atoms with Gasteiger partial charge in [-0.3, -0.25) is 18.5 Å². The minimum atomic E-state index is -0.593. The number of benzene rings is 2. The molecule has 0 N–H and O–H groups in total. The van der Waals surface area contributed by atoms with Crippen LogP contribution in [0.15, 0.2) is 58.1 Å². The highest BCUT2D eigenvalue weighted by Crippen LogP contribution is 2.24. The standard InChI is InChI=1S/C21H19FN4O4/c1-24-17-18(23-20(24)30-15-10-8-14(29-3)9-11-15)25(2)21(28)26(19(17)27)12-13-6-4-5-7-16(13)22/h4-11H,12H2,1-3H3. The summed E-state index contributed by atoms with van der Waals surface area (Å²) < 4.78 is 28.7. The molecule has 8 nitrogen and oxygen atoms in total. The van der Waals surface area contributed by atoms with Gasteiger partial charge in [0.2, 0.25) is 0 Å². The van der Waals surface area contributed by atoms with Gasteiger partial charge in [-0.15, -0.1) is 0 Å². The monoisotopic (exact) mass is 410 g/mol. The van der Waals surface area contributed by atoms with Crippen molar-refractivity contribution in [1.82, 2.24) is 18.7 Å². The number of halogens is 1. The molecule has 2 heterocycles. The molecule has 2 aromatic carbocycles. The third-order valence-corrected chi connectivity index (χ3v) is 4.87. The molecular formula is C21H19FN4O4. The molecule has 0 aliphatic carbocycles. The number of fused-ring (bicyclic) bond motifs is 1. The molecule has 9 heteroatoms. The first-order valence-electron chi connectivity index (χ1n) is 9.12. The van der Waals surface area contributed by atoms with E-state index in [0.717, 1.165) is 4.57 Å². The smallest absolute Gasteiger partial charge is 0.332 e. The highest BCUT2D eigenvalue weighted by molar-refractivity contribution is 5.72. The minimum Gasteiger partial charge on any atom is -0.497 e. The number of aromatic nitrogens is 4. The van der Waals surface area contributed by atoms with Gasteiger partial charge in [0.05, 0.1) is 13.7 Å². The maximum Gasteiger partial charge on any atom is 0.332 e. The van der Waals surface area contributed by atoms with Gasteiger partial charge in [0.1, 0.15) is 17.3 Å². The number of aryl methyl sites for hydroxylation is 2. The van der Waals surface area contributed by atoms with Crippen molar-refractivity contribution >= 4 is 11.2 Å². The van der Waals surface area contributed by atoms with Crippen LogP contribution in [0.2, 0.25) is 0 Å². The Hall–Kier alpha value is -3.88. The maximum atomic E-state index is 14.1. The number of methoxy groups -OCH3 is 1. The van der Waals surface area contributed by atoms with E-state index >= 15 is 0 Å². The van der Waals surface area contributed by atoms with Crippen LogP contribution >= 0.6 is 0 Å². The van der Waals surface area contributed by atoms with Crippen LogP contribution in [-0.4, -0.2) is 25.8 Å². The molecular weight excluding hydrogens is 391 g/mol. The van der Waals surface area contributed by atoms with Gasteiger partial charge in [-0.2, -0.15) is 4.98 Å². The Morgan fingerprint density at radius 3 is 2.30 bits per heavy atom. The summed E-state index contributed by atoms with van der Waals surface area (Å²) in [4.78, 5) is 30.2. The van der Waals surface area contributed by atoms with Crippen LogP contribution in [0, 0.1) is 5.82 Å². The van der Waals surface area contributed by atoms with E-state index in [1.807, 2.05) is 0 Å². The van der Waals surface area contributed by atoms with Crippen molar-refractivity contribution < 1.29 is 13.9 Å². The fourth-order valence-corrected chi connectivity index (χ4v) is 3.20. The van der Waals surface area contributed by atoms with Gasteiger partial charge in [0.15, 0.2) is 11.2 Å². The number of imidazole rings is 1. The van der Waals surface area contributed by atoms with E-state index in [1.54, 1.807) is 50.6 Å². The molecule has 154 valence electrons. The molecule has 0 spiro atoms. The quantitative estimate of drug-likeness (QED) is 0.505. The molecule has 2 aromatic heterocycles. The second-order valence-electron chi connectivity index (χ2n) is 6.73. The van der Waals surface area contributed by atoms with Crippen molar-refractivity contribution in [1.29, 1.82) is 0 Å². The van der Waals surface area contributed by atoms with Crippen LogP contribution in [-0.2, 0) is 20.6 Å². The van der Waals surface area contributed by atoms with Crippen molar-refractivity contribution in [2.75, 3.05) is 7.11 Å². The lowest BCUT2D eigenvalue weighted by Gasteiger charge is -2.09. The summed E-state index contributed by atoms with van der Waals surface area (Å²) >= 11 is 0. The van der Waals surface area contributed by atoms with Gasteiger partial charge < -0.3 is 9.47 Å². The van der Waals surface area contributed by atoms with Crippen molar-refractivity contribution in [3.05, 3.63) is 80.7 Å². The van der Waals surface area contributed by atoms with E-state index in [1.165, 1.54) is 28.3 Å². The number of ether oxygens (including phenoxy) is 2. The van der Waals surface area contributed by atoms with Crippen LogP contribution in [0.25, 0.3) is 11.2 Å². The van der Waals surface area contributed by atoms with Crippen LogP contribution in [0.4, 0.5) is 4.39 Å². The Kier molecular flexibility index (Phi) is 4.86. The summed E-state index contributed by atoms with van der Waals surface area (Å²) in [5.41, 5.74) is -0.563. The second kappa shape index (κ2) is 7.51. The Labute approximate surface area is 170 Å². The van der Waals surface area contributed by atoms with E-state index in [0.29, 0.717) is 11.5 Å². The largest absolute Gasteiger partial charge is 0.497 e. The van der Waals surface area contributed by atoms with Crippen LogP contribution in [0.1, 0.15) is 5.56 Å². The fraction of sp³-hybridized carbons (Fsp3) is 0.190. The second-order valence-corrected chi connectivity index (χ2v) is 6.73. The molecule has 30 heavy (non-hydrogen) atoms. The summed E-state index contributed by atoms with van der Waals surface area (Å²) in [5.74, 6) is 0.678. The van der Waals surface area contributed by atoms with Gasteiger partial charge in [-0.05, 0) is 30.3 Å². The normalized spacial score (nSPS) is 11.1. The molecule has 0 bridgehead atoms. The molecule has 4 aromatic rings. The molecule has 0 aliphatic heterocycles. The van der Waals surface area contributed by atoms with Gasteiger partial charge >= 0.3 is 11.7 Å². The lowest BCUT2D eigenvalue weighted by atomic mass is 10.2. The first kappa shape index (κ1) is 19.4. The third-order valence-electron chi connectivity index (χ3n) is 4.87. The average Bonchev–Trinajstić information content (AvgIpc) is 3.08. The molecule has 0 atom stereocenters. The van der Waals surface area contributed by atoms with Crippen LogP contribution < -0.4 is 20.7 Å². The SMILES string of the molecule is COc1ccc(Oc2nc3c(c(=O)n(Cc4ccccc4F)c(=O)n3C)n2C)cc1. The Balaban J connectivity index is 1.81. The van der Waals surface area contributed by atoms with Crippen molar-refractivity contribution in [2.45, 2.75) is 6.54 Å². The molecule has 0 unspecified atom stereocenters. The summed E-state index contributed by atoms with van der Waals surface area (Å²) in [5, 5.41) is 0. The molecule has 4 rings (SSSR count). The van der Waals surface area contributed by atoms with Crippen LogP contribution in [0.3, 0.4) is 0 Å². The lowest BCUT2D eigenvalue weighted by molar-refractivity contribution is 0.408. The molecule has 0 aliphatic rings. The first-order valence-corrected chi connectivity index (χ1v) is 9.12. The fourth-order valence-electron chi connectivity index (χ4n) is 3.20. The molecule has 0 fully saturated rings. The van der Waals surface area contributed by atoms with Gasteiger partial charge in [-0.1, -0.05) is 18.2 Å². The summed E-state index contributed by atoms with van der Waals surface area (Å²) in [6.07, 6.45) is 0. The highest BCUT2D eigenvalue weighted by atomic mass is 19.1. The average molecular weight is 410 g/mol. The number of nitrogens with zero attached hydrogens (tertiary/aromatic N) is 4. The Morgan fingerprint density at radius 1 is 0.967 bits per heavy atom. The first-order chi connectivity index (χ1) is 14.4. The van der Waals surface area contributed by atoms with E-state index < -0.39 is 17.1 Å². The maximum absolute atomic E-state index is 14.1. The van der Waals surface area contributed by atoms with E-state index in [9.17, 15) is 14.0 Å². The topological polar surface area (TPSA) is 80.3 Å². The summed E-state index contributed by atoms with van der Waals surface area (Å²) in [6.45, 7) is -0.187. The number of hydrogen-bond donors (Lipinski definition) is 0. The highest BCUT2D eigenvalue weighted by Gasteiger charge is 2.20. The van der Waals surface area contributed by atoms with E-state index in [-0.39, 0.29) is 29.3 Å². The van der Waals surface area contributed by atoms with Crippen LogP contribution in [0.5, 0.6) is 17.5 Å². The lowest BCUT2D eigenvalue weighted by Crippen LogP contribution is -2.40. The van der Waals surface area contributed by atoms with E-state index in [2.05, 4.69) is 4.98 Å².